The highest BCUT2D eigenvalue weighted by Gasteiger charge is 2.35. The van der Waals surface area contributed by atoms with Crippen LogP contribution in [0.5, 0.6) is 5.75 Å². The van der Waals surface area contributed by atoms with Crippen LogP contribution in [0, 0.1) is 5.92 Å². The second-order valence-corrected chi connectivity index (χ2v) is 6.16. The standard InChI is InChI=1S/C14H22N6O2/c1-16-9-2-3-20(4-9)13-11-12(18-14(15)19-13)17-10(7-22-11)8-5-21-6-8/h8-10,16H,2-7H2,1H3,(H3,15,17,18,19)/t9-,10?/m1/s1. The van der Waals surface area contributed by atoms with E-state index in [1.54, 1.807) is 0 Å². The molecule has 1 aromatic heterocycles. The molecule has 2 fully saturated rings. The predicted molar refractivity (Wildman–Crippen MR) is 83.3 cm³/mol. The number of rotatable bonds is 3. The Kier molecular flexibility index (Phi) is 3.42. The van der Waals surface area contributed by atoms with Gasteiger partial charge in [-0.15, -0.1) is 0 Å². The lowest BCUT2D eigenvalue weighted by atomic mass is 9.98. The summed E-state index contributed by atoms with van der Waals surface area (Å²) in [5.41, 5.74) is 5.90. The molecule has 0 saturated carbocycles. The molecule has 0 aliphatic carbocycles. The zero-order valence-corrected chi connectivity index (χ0v) is 12.7. The molecule has 120 valence electrons. The summed E-state index contributed by atoms with van der Waals surface area (Å²) >= 11 is 0. The summed E-state index contributed by atoms with van der Waals surface area (Å²) in [4.78, 5) is 11.0. The van der Waals surface area contributed by atoms with Crippen molar-refractivity contribution in [1.29, 1.82) is 0 Å². The van der Waals surface area contributed by atoms with Gasteiger partial charge in [0.25, 0.3) is 0 Å². The Labute approximate surface area is 129 Å². The first kappa shape index (κ1) is 13.8. The lowest BCUT2D eigenvalue weighted by molar-refractivity contribution is -0.0471. The highest BCUT2D eigenvalue weighted by molar-refractivity contribution is 5.69. The smallest absolute Gasteiger partial charge is 0.224 e. The first-order valence-electron chi connectivity index (χ1n) is 7.81. The van der Waals surface area contributed by atoms with Crippen LogP contribution in [-0.4, -0.2) is 62.0 Å². The highest BCUT2D eigenvalue weighted by Crippen LogP contribution is 2.39. The number of aromatic nitrogens is 2. The molecular weight excluding hydrogens is 284 g/mol. The van der Waals surface area contributed by atoms with Crippen LogP contribution in [0.4, 0.5) is 17.6 Å². The van der Waals surface area contributed by atoms with E-state index in [0.717, 1.165) is 44.3 Å². The number of likely N-dealkylation sites (N-methyl/N-ethyl adjacent to an activating group) is 1. The number of anilines is 3. The Bertz CT molecular complexity index is 565. The average Bonchev–Trinajstić information content (AvgIpc) is 2.93. The summed E-state index contributed by atoms with van der Waals surface area (Å²) < 4.78 is 11.3. The van der Waals surface area contributed by atoms with Gasteiger partial charge in [0.1, 0.15) is 6.61 Å². The van der Waals surface area contributed by atoms with Gasteiger partial charge in [0, 0.05) is 25.0 Å². The summed E-state index contributed by atoms with van der Waals surface area (Å²) in [6.45, 7) is 4.02. The molecule has 0 spiro atoms. The number of nitrogens with zero attached hydrogens (tertiary/aromatic N) is 3. The quantitative estimate of drug-likeness (QED) is 0.699. The average molecular weight is 306 g/mol. The molecule has 1 unspecified atom stereocenters. The molecule has 4 heterocycles. The third-order valence-electron chi connectivity index (χ3n) is 4.72. The monoisotopic (exact) mass is 306 g/mol. The zero-order chi connectivity index (χ0) is 15.1. The second kappa shape index (κ2) is 5.44. The number of ether oxygens (including phenoxy) is 2. The number of fused-ring (bicyclic) bond motifs is 1. The number of nitrogen functional groups attached to an aromatic ring is 1. The van der Waals surface area contributed by atoms with E-state index in [-0.39, 0.29) is 12.0 Å². The molecule has 1 aromatic rings. The van der Waals surface area contributed by atoms with Crippen molar-refractivity contribution in [3.05, 3.63) is 0 Å². The lowest BCUT2D eigenvalue weighted by Gasteiger charge is -2.37. The third-order valence-corrected chi connectivity index (χ3v) is 4.72. The van der Waals surface area contributed by atoms with Crippen LogP contribution >= 0.6 is 0 Å². The normalized spacial score (nSPS) is 27.8. The van der Waals surface area contributed by atoms with Gasteiger partial charge in [-0.25, -0.2) is 0 Å². The van der Waals surface area contributed by atoms with Crippen molar-refractivity contribution in [3.8, 4) is 5.75 Å². The van der Waals surface area contributed by atoms with E-state index in [0.29, 0.717) is 24.4 Å². The van der Waals surface area contributed by atoms with Crippen LogP contribution < -0.4 is 26.0 Å². The molecule has 0 amide bonds. The van der Waals surface area contributed by atoms with E-state index in [1.165, 1.54) is 0 Å². The van der Waals surface area contributed by atoms with Crippen molar-refractivity contribution in [2.24, 2.45) is 5.92 Å². The van der Waals surface area contributed by atoms with Crippen molar-refractivity contribution >= 4 is 17.6 Å². The highest BCUT2D eigenvalue weighted by atomic mass is 16.5. The maximum Gasteiger partial charge on any atom is 0.224 e. The second-order valence-electron chi connectivity index (χ2n) is 6.16. The van der Waals surface area contributed by atoms with Crippen LogP contribution in [-0.2, 0) is 4.74 Å². The topological polar surface area (TPSA) is 97.6 Å². The largest absolute Gasteiger partial charge is 0.484 e. The van der Waals surface area contributed by atoms with E-state index in [9.17, 15) is 0 Å². The molecule has 4 N–H and O–H groups in total. The predicted octanol–water partition coefficient (Wildman–Crippen LogP) is -0.324. The zero-order valence-electron chi connectivity index (χ0n) is 12.7. The van der Waals surface area contributed by atoms with Gasteiger partial charge in [-0.3, -0.25) is 0 Å². The summed E-state index contributed by atoms with van der Waals surface area (Å²) in [7, 11) is 1.99. The van der Waals surface area contributed by atoms with E-state index in [2.05, 4.69) is 25.5 Å². The van der Waals surface area contributed by atoms with E-state index >= 15 is 0 Å². The van der Waals surface area contributed by atoms with Gasteiger partial charge in [-0.2, -0.15) is 9.97 Å². The van der Waals surface area contributed by atoms with Crippen LogP contribution in [0.25, 0.3) is 0 Å². The minimum absolute atomic E-state index is 0.229. The van der Waals surface area contributed by atoms with Crippen molar-refractivity contribution in [2.45, 2.75) is 18.5 Å². The molecule has 2 atom stereocenters. The van der Waals surface area contributed by atoms with Crippen LogP contribution in [0.1, 0.15) is 6.42 Å². The maximum atomic E-state index is 6.00. The number of nitrogens with one attached hydrogen (secondary N) is 2. The van der Waals surface area contributed by atoms with Gasteiger partial charge < -0.3 is 30.7 Å². The Morgan fingerprint density at radius 1 is 1.32 bits per heavy atom. The van der Waals surface area contributed by atoms with Gasteiger partial charge in [0.2, 0.25) is 11.7 Å². The van der Waals surface area contributed by atoms with E-state index in [4.69, 9.17) is 15.2 Å². The van der Waals surface area contributed by atoms with Crippen molar-refractivity contribution < 1.29 is 9.47 Å². The molecular formula is C14H22N6O2. The molecule has 3 aliphatic rings. The molecule has 22 heavy (non-hydrogen) atoms. The minimum atomic E-state index is 0.229. The minimum Gasteiger partial charge on any atom is -0.484 e. The Morgan fingerprint density at radius 2 is 2.18 bits per heavy atom. The number of hydrogen-bond acceptors (Lipinski definition) is 8. The first-order valence-corrected chi connectivity index (χ1v) is 7.81. The van der Waals surface area contributed by atoms with Gasteiger partial charge >= 0.3 is 0 Å². The molecule has 0 aromatic carbocycles. The molecule has 4 rings (SSSR count). The van der Waals surface area contributed by atoms with Gasteiger partial charge in [0.05, 0.1) is 19.3 Å². The summed E-state index contributed by atoms with van der Waals surface area (Å²) in [6, 6.07) is 0.704. The summed E-state index contributed by atoms with van der Waals surface area (Å²) in [6.07, 6.45) is 1.09. The molecule has 8 heteroatoms. The number of hydrogen-bond donors (Lipinski definition) is 3. The first-order chi connectivity index (χ1) is 10.7. The van der Waals surface area contributed by atoms with Crippen LogP contribution in [0.15, 0.2) is 0 Å². The summed E-state index contributed by atoms with van der Waals surface area (Å²) in [5.74, 6) is 2.99. The van der Waals surface area contributed by atoms with Gasteiger partial charge in [0.15, 0.2) is 11.6 Å². The molecule has 2 saturated heterocycles. The lowest BCUT2D eigenvalue weighted by Crippen LogP contribution is -2.47. The molecule has 8 nitrogen and oxygen atoms in total. The maximum absolute atomic E-state index is 6.00. The SMILES string of the molecule is CN[C@@H]1CCN(c2nc(N)nc3c2OCC(C2COC2)N3)C1. The van der Waals surface area contributed by atoms with Gasteiger partial charge in [-0.05, 0) is 13.5 Å². The fraction of sp³-hybridized carbons (Fsp3) is 0.714. The fourth-order valence-electron chi connectivity index (χ4n) is 3.22. The Balaban J connectivity index is 1.60. The van der Waals surface area contributed by atoms with Crippen molar-refractivity contribution in [1.82, 2.24) is 15.3 Å². The van der Waals surface area contributed by atoms with Crippen LogP contribution in [0.3, 0.4) is 0 Å². The third kappa shape index (κ3) is 2.32. The van der Waals surface area contributed by atoms with Crippen molar-refractivity contribution in [2.75, 3.05) is 55.9 Å². The Morgan fingerprint density at radius 3 is 2.86 bits per heavy atom. The van der Waals surface area contributed by atoms with E-state index < -0.39 is 0 Å². The van der Waals surface area contributed by atoms with Gasteiger partial charge in [-0.1, -0.05) is 0 Å². The molecule has 0 radical (unpaired) electrons. The van der Waals surface area contributed by atoms with E-state index in [1.807, 2.05) is 7.05 Å². The number of nitrogens with two attached hydrogens (primary N) is 1. The Hall–Kier alpha value is -1.80. The molecule has 0 bridgehead atoms. The summed E-state index contributed by atoms with van der Waals surface area (Å²) in [5, 5.41) is 6.76. The molecule has 3 aliphatic heterocycles. The van der Waals surface area contributed by atoms with Crippen molar-refractivity contribution in [3.63, 3.8) is 0 Å². The fourth-order valence-corrected chi connectivity index (χ4v) is 3.22. The van der Waals surface area contributed by atoms with Crippen LogP contribution in [0.2, 0.25) is 0 Å².